The zero-order valence-corrected chi connectivity index (χ0v) is 19.5. The van der Waals surface area contributed by atoms with Gasteiger partial charge in [0.2, 0.25) is 0 Å². The summed E-state index contributed by atoms with van der Waals surface area (Å²) in [5.74, 6) is -0.168. The van der Waals surface area contributed by atoms with Crippen LogP contribution in [-0.4, -0.2) is 62.4 Å². The van der Waals surface area contributed by atoms with Gasteiger partial charge in [0.15, 0.2) is 0 Å². The summed E-state index contributed by atoms with van der Waals surface area (Å²) in [6.45, 7) is 6.05. The normalized spacial score (nSPS) is 14.1. The molecule has 4 aromatic rings. The van der Waals surface area contributed by atoms with E-state index in [9.17, 15) is 9.59 Å². The number of carbonyl (C=O) groups is 2. The summed E-state index contributed by atoms with van der Waals surface area (Å²) < 4.78 is 5.42. The number of H-pyrrole nitrogens is 1. The Morgan fingerprint density at radius 1 is 0.970 bits per heavy atom. The molecule has 0 spiro atoms. The maximum absolute atomic E-state index is 13.1. The Morgan fingerprint density at radius 3 is 2.36 bits per heavy atom. The maximum atomic E-state index is 13.1. The highest BCUT2D eigenvalue weighted by Gasteiger charge is 2.28. The second kappa shape index (κ2) is 8.78. The lowest BCUT2D eigenvalue weighted by Crippen LogP contribution is -2.50. The van der Waals surface area contributed by atoms with Crippen molar-refractivity contribution < 1.29 is 9.59 Å². The molecule has 1 N–H and O–H groups in total. The first-order valence-corrected chi connectivity index (χ1v) is 11.9. The molecule has 1 fully saturated rings. The Bertz CT molecular complexity index is 1320. The van der Waals surface area contributed by atoms with Crippen molar-refractivity contribution >= 4 is 33.4 Å². The number of rotatable bonds is 4. The topological polar surface area (TPSA) is 82.2 Å². The second-order valence-electron chi connectivity index (χ2n) is 8.33. The van der Waals surface area contributed by atoms with Crippen molar-refractivity contribution in [3.63, 3.8) is 0 Å². The minimum atomic E-state index is -0.0965. The SMILES string of the molecule is CCc1ccc(-c2cc(C(=O)N3CCN(C(=O)c4nsc5ccc(C)cc45)CC3)[nH]n2)cc1. The predicted molar refractivity (Wildman–Crippen MR) is 130 cm³/mol. The minimum absolute atomic E-state index is 0.0710. The zero-order chi connectivity index (χ0) is 22.9. The Hall–Kier alpha value is -3.52. The van der Waals surface area contributed by atoms with E-state index in [-0.39, 0.29) is 11.8 Å². The second-order valence-corrected chi connectivity index (χ2v) is 9.14. The number of aromatic nitrogens is 3. The number of hydrogen-bond donors (Lipinski definition) is 1. The van der Waals surface area contributed by atoms with Gasteiger partial charge in [-0.2, -0.15) is 9.47 Å². The van der Waals surface area contributed by atoms with E-state index in [4.69, 9.17) is 0 Å². The van der Waals surface area contributed by atoms with Crippen molar-refractivity contribution in [1.29, 1.82) is 0 Å². The van der Waals surface area contributed by atoms with Crippen LogP contribution < -0.4 is 0 Å². The van der Waals surface area contributed by atoms with E-state index in [0.29, 0.717) is 37.6 Å². The first kappa shape index (κ1) is 21.3. The largest absolute Gasteiger partial charge is 0.334 e. The number of benzene rings is 2. The summed E-state index contributed by atoms with van der Waals surface area (Å²) in [6.07, 6.45) is 0.984. The summed E-state index contributed by atoms with van der Waals surface area (Å²) >= 11 is 1.35. The molecule has 3 heterocycles. The van der Waals surface area contributed by atoms with Gasteiger partial charge in [-0.25, -0.2) is 0 Å². The van der Waals surface area contributed by atoms with Gasteiger partial charge in [0.1, 0.15) is 11.4 Å². The number of hydrogen-bond acceptors (Lipinski definition) is 5. The third kappa shape index (κ3) is 4.14. The van der Waals surface area contributed by atoms with Crippen LogP contribution in [0.3, 0.4) is 0 Å². The van der Waals surface area contributed by atoms with E-state index in [2.05, 4.69) is 33.6 Å². The fraction of sp³-hybridized carbons (Fsp3) is 0.280. The van der Waals surface area contributed by atoms with Crippen LogP contribution in [-0.2, 0) is 6.42 Å². The zero-order valence-electron chi connectivity index (χ0n) is 18.7. The molecule has 0 atom stereocenters. The van der Waals surface area contributed by atoms with E-state index in [1.807, 2.05) is 37.3 Å². The predicted octanol–water partition coefficient (Wildman–Crippen LogP) is 4.16. The fourth-order valence-corrected chi connectivity index (χ4v) is 4.88. The van der Waals surface area contributed by atoms with Crippen LogP contribution in [0.4, 0.5) is 0 Å². The molecule has 33 heavy (non-hydrogen) atoms. The molecule has 7 nitrogen and oxygen atoms in total. The van der Waals surface area contributed by atoms with Gasteiger partial charge >= 0.3 is 0 Å². The molecule has 168 valence electrons. The number of nitrogens with zero attached hydrogens (tertiary/aromatic N) is 4. The minimum Gasteiger partial charge on any atom is -0.334 e. The number of piperazine rings is 1. The maximum Gasteiger partial charge on any atom is 0.274 e. The van der Waals surface area contributed by atoms with Gasteiger partial charge in [-0.15, -0.1) is 0 Å². The van der Waals surface area contributed by atoms with Crippen molar-refractivity contribution in [3.8, 4) is 11.3 Å². The average Bonchev–Trinajstić information content (AvgIpc) is 3.51. The Balaban J connectivity index is 1.24. The van der Waals surface area contributed by atoms with Gasteiger partial charge in [-0.1, -0.05) is 42.8 Å². The van der Waals surface area contributed by atoms with Crippen LogP contribution in [0.5, 0.6) is 0 Å². The monoisotopic (exact) mass is 459 g/mol. The van der Waals surface area contributed by atoms with Crippen LogP contribution in [0, 0.1) is 6.92 Å². The highest BCUT2D eigenvalue weighted by molar-refractivity contribution is 7.13. The van der Waals surface area contributed by atoms with Crippen molar-refractivity contribution in [3.05, 3.63) is 71.0 Å². The molecule has 5 rings (SSSR count). The number of carbonyl (C=O) groups excluding carboxylic acids is 2. The van der Waals surface area contributed by atoms with Crippen molar-refractivity contribution in [2.75, 3.05) is 26.2 Å². The molecule has 1 aliphatic rings. The number of aromatic amines is 1. The van der Waals surface area contributed by atoms with Crippen LogP contribution in [0.2, 0.25) is 0 Å². The highest BCUT2D eigenvalue weighted by atomic mass is 32.1. The smallest absolute Gasteiger partial charge is 0.274 e. The Labute approximate surface area is 196 Å². The summed E-state index contributed by atoms with van der Waals surface area (Å²) in [6, 6.07) is 16.0. The van der Waals surface area contributed by atoms with Crippen LogP contribution >= 0.6 is 11.5 Å². The number of nitrogens with one attached hydrogen (secondary N) is 1. The first-order valence-electron chi connectivity index (χ1n) is 11.1. The third-order valence-electron chi connectivity index (χ3n) is 6.15. The van der Waals surface area contributed by atoms with E-state index >= 15 is 0 Å². The Morgan fingerprint density at radius 2 is 1.67 bits per heavy atom. The lowest BCUT2D eigenvalue weighted by molar-refractivity contribution is 0.0531. The van der Waals surface area contributed by atoms with Gasteiger partial charge < -0.3 is 9.80 Å². The molecule has 0 bridgehead atoms. The standard InChI is InChI=1S/C25H25N5O2S/c1-3-17-5-7-18(8-6-17)20-15-21(27-26-20)24(31)29-10-12-30(13-11-29)25(32)23-19-14-16(2)4-9-22(19)33-28-23/h4-9,14-15H,3,10-13H2,1-2H3,(H,26,27). The molecular weight excluding hydrogens is 434 g/mol. The van der Waals surface area contributed by atoms with E-state index < -0.39 is 0 Å². The average molecular weight is 460 g/mol. The molecule has 1 aliphatic heterocycles. The molecule has 0 saturated carbocycles. The van der Waals surface area contributed by atoms with Gasteiger partial charge in [-0.3, -0.25) is 14.7 Å². The molecule has 2 aromatic heterocycles. The number of amides is 2. The molecule has 0 unspecified atom stereocenters. The van der Waals surface area contributed by atoms with Crippen LogP contribution in [0.25, 0.3) is 21.3 Å². The highest BCUT2D eigenvalue weighted by Crippen LogP contribution is 2.25. The number of fused-ring (bicyclic) bond motifs is 1. The van der Waals surface area contributed by atoms with Crippen molar-refractivity contribution in [2.24, 2.45) is 0 Å². The molecule has 0 radical (unpaired) electrons. The number of aryl methyl sites for hydroxylation is 2. The summed E-state index contributed by atoms with van der Waals surface area (Å²) in [4.78, 5) is 29.6. The molecule has 0 aliphatic carbocycles. The van der Waals surface area contributed by atoms with Gasteiger partial charge in [-0.05, 0) is 48.6 Å². The van der Waals surface area contributed by atoms with Crippen LogP contribution in [0.15, 0.2) is 48.5 Å². The summed E-state index contributed by atoms with van der Waals surface area (Å²) in [5, 5.41) is 8.11. The lowest BCUT2D eigenvalue weighted by atomic mass is 10.1. The first-order chi connectivity index (χ1) is 16.0. The fourth-order valence-electron chi connectivity index (χ4n) is 4.13. The third-order valence-corrected chi connectivity index (χ3v) is 6.97. The van der Waals surface area contributed by atoms with E-state index in [1.165, 1.54) is 17.1 Å². The van der Waals surface area contributed by atoms with Crippen molar-refractivity contribution in [1.82, 2.24) is 24.4 Å². The van der Waals surface area contributed by atoms with Gasteiger partial charge in [0.05, 0.1) is 10.4 Å². The van der Waals surface area contributed by atoms with Crippen LogP contribution in [0.1, 0.15) is 39.0 Å². The molecule has 1 saturated heterocycles. The van der Waals surface area contributed by atoms with E-state index in [0.717, 1.165) is 33.3 Å². The molecule has 8 heteroatoms. The molecular formula is C25H25N5O2S. The summed E-state index contributed by atoms with van der Waals surface area (Å²) in [7, 11) is 0. The molecule has 2 amide bonds. The quantitative estimate of drug-likeness (QED) is 0.497. The Kier molecular flexibility index (Phi) is 5.68. The van der Waals surface area contributed by atoms with Gasteiger partial charge in [0, 0.05) is 37.1 Å². The summed E-state index contributed by atoms with van der Waals surface area (Å²) in [5.41, 5.74) is 5.06. The van der Waals surface area contributed by atoms with Crippen molar-refractivity contribution in [2.45, 2.75) is 20.3 Å². The molecule has 2 aromatic carbocycles. The van der Waals surface area contributed by atoms with Gasteiger partial charge in [0.25, 0.3) is 11.8 Å². The van der Waals surface area contributed by atoms with E-state index in [1.54, 1.807) is 15.9 Å². The lowest BCUT2D eigenvalue weighted by Gasteiger charge is -2.34.